The number of carboxylic acids is 1. The van der Waals surface area contributed by atoms with Crippen LogP contribution in [0.4, 0.5) is 0 Å². The molecule has 1 aliphatic rings. The van der Waals surface area contributed by atoms with Gasteiger partial charge in [-0.15, -0.1) is 0 Å². The summed E-state index contributed by atoms with van der Waals surface area (Å²) in [6, 6.07) is 6.62. The molecule has 0 saturated carbocycles. The van der Waals surface area contributed by atoms with E-state index >= 15 is 0 Å². The number of ether oxygens (including phenoxy) is 1. The van der Waals surface area contributed by atoms with Crippen LogP contribution in [0.25, 0.3) is 0 Å². The van der Waals surface area contributed by atoms with E-state index in [0.717, 1.165) is 19.4 Å². The summed E-state index contributed by atoms with van der Waals surface area (Å²) in [4.78, 5) is 23.5. The number of hydrogen-bond donors (Lipinski definition) is 2. The fourth-order valence-electron chi connectivity index (χ4n) is 3.37. The van der Waals surface area contributed by atoms with Crippen LogP contribution in [0.1, 0.15) is 49.5 Å². The predicted molar refractivity (Wildman–Crippen MR) is 92.0 cm³/mol. The first-order valence-corrected chi connectivity index (χ1v) is 8.48. The molecule has 2 N–H and O–H groups in total. The molecule has 1 aromatic rings. The van der Waals surface area contributed by atoms with Crippen LogP contribution in [0, 0.1) is 11.3 Å². The van der Waals surface area contributed by atoms with Crippen molar-refractivity contribution >= 4 is 11.9 Å². The summed E-state index contributed by atoms with van der Waals surface area (Å²) in [7, 11) is 0. The first-order chi connectivity index (χ1) is 11.3. The molecule has 24 heavy (non-hydrogen) atoms. The summed E-state index contributed by atoms with van der Waals surface area (Å²) < 4.78 is 5.93. The predicted octanol–water partition coefficient (Wildman–Crippen LogP) is 2.88. The van der Waals surface area contributed by atoms with Crippen LogP contribution in [0.2, 0.25) is 0 Å². The lowest BCUT2D eigenvalue weighted by Crippen LogP contribution is -2.45. The molecule has 0 aliphatic carbocycles. The van der Waals surface area contributed by atoms with Gasteiger partial charge in [0.15, 0.2) is 0 Å². The molecular weight excluding hydrogens is 306 g/mol. The van der Waals surface area contributed by atoms with Gasteiger partial charge in [0.25, 0.3) is 0 Å². The van der Waals surface area contributed by atoms with Crippen molar-refractivity contribution in [2.45, 2.75) is 46.1 Å². The van der Waals surface area contributed by atoms with Crippen molar-refractivity contribution in [2.75, 3.05) is 13.2 Å². The SMILES string of the molecule is CC(C)(C)C1OCCCC1CNC(=O)Cc1ccccc1C(=O)O. The van der Waals surface area contributed by atoms with Gasteiger partial charge in [0, 0.05) is 19.1 Å². The Hall–Kier alpha value is -1.88. The standard InChI is InChI=1S/C19H27NO4/c1-19(2,3)17-14(8-6-10-24-17)12-20-16(21)11-13-7-4-5-9-15(13)18(22)23/h4-5,7,9,14,17H,6,8,10-12H2,1-3H3,(H,20,21)(H,22,23). The van der Waals surface area contributed by atoms with Crippen LogP contribution in [-0.2, 0) is 16.0 Å². The van der Waals surface area contributed by atoms with Gasteiger partial charge in [-0.2, -0.15) is 0 Å². The Morgan fingerprint density at radius 1 is 1.29 bits per heavy atom. The molecular formula is C19H27NO4. The molecule has 1 aromatic carbocycles. The zero-order chi connectivity index (χ0) is 17.7. The number of benzene rings is 1. The minimum absolute atomic E-state index is 0.0335. The number of amides is 1. The molecule has 2 rings (SSSR count). The van der Waals surface area contributed by atoms with Crippen molar-refractivity contribution in [1.29, 1.82) is 0 Å². The smallest absolute Gasteiger partial charge is 0.335 e. The van der Waals surface area contributed by atoms with Crippen LogP contribution in [0.5, 0.6) is 0 Å². The molecule has 1 amide bonds. The number of carbonyl (C=O) groups excluding carboxylic acids is 1. The second-order valence-corrected chi connectivity index (χ2v) is 7.50. The van der Waals surface area contributed by atoms with E-state index in [9.17, 15) is 14.7 Å². The van der Waals surface area contributed by atoms with Gasteiger partial charge in [-0.05, 0) is 29.9 Å². The van der Waals surface area contributed by atoms with Crippen molar-refractivity contribution < 1.29 is 19.4 Å². The third kappa shape index (κ3) is 4.81. The first-order valence-electron chi connectivity index (χ1n) is 8.48. The second-order valence-electron chi connectivity index (χ2n) is 7.50. The molecule has 5 nitrogen and oxygen atoms in total. The average Bonchev–Trinajstić information content (AvgIpc) is 2.52. The van der Waals surface area contributed by atoms with Crippen molar-refractivity contribution in [3.63, 3.8) is 0 Å². The van der Waals surface area contributed by atoms with Crippen LogP contribution in [0.15, 0.2) is 24.3 Å². The summed E-state index contributed by atoms with van der Waals surface area (Å²) in [5, 5.41) is 12.1. The molecule has 132 valence electrons. The highest BCUT2D eigenvalue weighted by Crippen LogP contribution is 2.33. The summed E-state index contributed by atoms with van der Waals surface area (Å²) in [6.45, 7) is 7.80. The average molecular weight is 333 g/mol. The molecule has 2 atom stereocenters. The van der Waals surface area contributed by atoms with Crippen LogP contribution in [-0.4, -0.2) is 36.2 Å². The van der Waals surface area contributed by atoms with Crippen LogP contribution >= 0.6 is 0 Å². The van der Waals surface area contributed by atoms with Gasteiger partial charge in [0.05, 0.1) is 18.1 Å². The van der Waals surface area contributed by atoms with E-state index in [0.29, 0.717) is 12.1 Å². The van der Waals surface area contributed by atoms with Gasteiger partial charge in [-0.1, -0.05) is 39.0 Å². The highest BCUT2D eigenvalue weighted by Gasteiger charge is 2.35. The second kappa shape index (κ2) is 7.79. The minimum Gasteiger partial charge on any atom is -0.478 e. The molecule has 1 aliphatic heterocycles. The maximum absolute atomic E-state index is 12.2. The Bertz CT molecular complexity index is 591. The van der Waals surface area contributed by atoms with E-state index in [1.54, 1.807) is 18.2 Å². The Morgan fingerprint density at radius 2 is 2.00 bits per heavy atom. The molecule has 0 radical (unpaired) electrons. The lowest BCUT2D eigenvalue weighted by molar-refractivity contribution is -0.122. The first kappa shape index (κ1) is 18.5. The number of carbonyl (C=O) groups is 2. The largest absolute Gasteiger partial charge is 0.478 e. The third-order valence-corrected chi connectivity index (χ3v) is 4.46. The van der Waals surface area contributed by atoms with Crippen LogP contribution in [0.3, 0.4) is 0 Å². The topological polar surface area (TPSA) is 75.6 Å². The lowest BCUT2D eigenvalue weighted by atomic mass is 9.78. The lowest BCUT2D eigenvalue weighted by Gasteiger charge is -2.40. The van der Waals surface area contributed by atoms with Crippen molar-refractivity contribution in [2.24, 2.45) is 11.3 Å². The fourth-order valence-corrected chi connectivity index (χ4v) is 3.37. The molecule has 0 aromatic heterocycles. The van der Waals surface area contributed by atoms with Gasteiger partial charge < -0.3 is 15.2 Å². The van der Waals surface area contributed by atoms with Crippen molar-refractivity contribution in [3.8, 4) is 0 Å². The van der Waals surface area contributed by atoms with Gasteiger partial charge in [0.1, 0.15) is 0 Å². The Morgan fingerprint density at radius 3 is 2.67 bits per heavy atom. The summed E-state index contributed by atoms with van der Waals surface area (Å²) in [6.07, 6.45) is 2.25. The Labute approximate surface area is 143 Å². The van der Waals surface area contributed by atoms with E-state index < -0.39 is 5.97 Å². The third-order valence-electron chi connectivity index (χ3n) is 4.46. The molecule has 5 heteroatoms. The minimum atomic E-state index is -1.01. The van der Waals surface area contributed by atoms with E-state index in [2.05, 4.69) is 26.1 Å². The van der Waals surface area contributed by atoms with Gasteiger partial charge in [-0.25, -0.2) is 4.79 Å². The number of rotatable bonds is 5. The quantitative estimate of drug-likeness (QED) is 0.869. The summed E-state index contributed by atoms with van der Waals surface area (Å²) in [5.74, 6) is -0.869. The van der Waals surface area contributed by atoms with Gasteiger partial charge >= 0.3 is 5.97 Å². The van der Waals surface area contributed by atoms with Gasteiger partial charge in [-0.3, -0.25) is 4.79 Å². The zero-order valence-corrected chi connectivity index (χ0v) is 14.7. The Balaban J connectivity index is 1.94. The molecule has 1 heterocycles. The maximum atomic E-state index is 12.2. The van der Waals surface area contributed by atoms with E-state index in [4.69, 9.17) is 4.74 Å². The summed E-state index contributed by atoms with van der Waals surface area (Å²) in [5.41, 5.74) is 0.752. The normalized spacial score (nSPS) is 21.3. The number of hydrogen-bond acceptors (Lipinski definition) is 3. The summed E-state index contributed by atoms with van der Waals surface area (Å²) >= 11 is 0. The van der Waals surface area contributed by atoms with Crippen molar-refractivity contribution in [1.82, 2.24) is 5.32 Å². The van der Waals surface area contributed by atoms with E-state index in [-0.39, 0.29) is 35.3 Å². The van der Waals surface area contributed by atoms with Crippen LogP contribution < -0.4 is 5.32 Å². The van der Waals surface area contributed by atoms with Gasteiger partial charge in [0.2, 0.25) is 5.91 Å². The molecule has 1 fully saturated rings. The number of nitrogens with one attached hydrogen (secondary N) is 1. The van der Waals surface area contributed by atoms with Crippen molar-refractivity contribution in [3.05, 3.63) is 35.4 Å². The van der Waals surface area contributed by atoms with E-state index in [1.807, 2.05) is 0 Å². The van der Waals surface area contributed by atoms with E-state index in [1.165, 1.54) is 6.07 Å². The highest BCUT2D eigenvalue weighted by molar-refractivity contribution is 5.91. The molecule has 1 saturated heterocycles. The Kier molecular flexibility index (Phi) is 5.99. The monoisotopic (exact) mass is 333 g/mol. The molecule has 2 unspecified atom stereocenters. The maximum Gasteiger partial charge on any atom is 0.335 e. The number of aromatic carboxylic acids is 1. The zero-order valence-electron chi connectivity index (χ0n) is 14.7. The highest BCUT2D eigenvalue weighted by atomic mass is 16.5. The fraction of sp³-hybridized carbons (Fsp3) is 0.579. The molecule has 0 bridgehead atoms. The molecule has 0 spiro atoms. The number of carboxylic acid groups (broad SMARTS) is 1.